The Bertz CT molecular complexity index is 982. The maximum atomic E-state index is 12.6. The summed E-state index contributed by atoms with van der Waals surface area (Å²) in [6.45, 7) is 1.42. The summed E-state index contributed by atoms with van der Waals surface area (Å²) in [5.41, 5.74) is -0.0126. The molecule has 0 aromatic carbocycles. The Hall–Kier alpha value is -2.20. The zero-order valence-corrected chi connectivity index (χ0v) is 15.2. The summed E-state index contributed by atoms with van der Waals surface area (Å²) in [6, 6.07) is 1.15. The molecule has 0 unspecified atom stereocenters. The number of hydrogen-bond acceptors (Lipinski definition) is 5. The Morgan fingerprint density at radius 2 is 1.96 bits per heavy atom. The Labute approximate surface area is 152 Å². The monoisotopic (exact) mass is 407 g/mol. The fourth-order valence-electron chi connectivity index (χ4n) is 2.07. The first-order valence-corrected chi connectivity index (χ1v) is 9.18. The van der Waals surface area contributed by atoms with Gasteiger partial charge in [-0.2, -0.15) is 13.2 Å². The number of alkyl halides is 3. The summed E-state index contributed by atoms with van der Waals surface area (Å²) in [5.74, 6) is -0.228. The summed E-state index contributed by atoms with van der Waals surface area (Å²) in [4.78, 5) is 18.6. The van der Waals surface area contributed by atoms with Crippen LogP contribution in [-0.2, 0) is 16.9 Å². The number of nitrogens with zero attached hydrogens (tertiary/aromatic N) is 3. The van der Waals surface area contributed by atoms with E-state index >= 15 is 0 Å². The molecule has 26 heavy (non-hydrogen) atoms. The van der Waals surface area contributed by atoms with Crippen molar-refractivity contribution in [3.63, 3.8) is 0 Å². The van der Waals surface area contributed by atoms with Gasteiger partial charge in [0.2, 0.25) is 0 Å². The van der Waals surface area contributed by atoms with E-state index in [1.165, 1.54) is 18.5 Å². The molecule has 0 saturated carbocycles. The van der Waals surface area contributed by atoms with Gasteiger partial charge in [-0.15, -0.1) is 0 Å². The Balaban J connectivity index is 2.66. The topological polar surface area (TPSA) is 81.9 Å². The molecule has 0 fully saturated rings. The normalized spacial score (nSPS) is 13.1. The number of hydrogen-bond donors (Lipinski definition) is 0. The van der Waals surface area contributed by atoms with E-state index in [-0.39, 0.29) is 33.4 Å². The predicted octanol–water partition coefficient (Wildman–Crippen LogP) is 3.23. The number of sulfone groups is 1. The molecule has 0 saturated heterocycles. The molecule has 2 aromatic rings. The lowest BCUT2D eigenvalue weighted by molar-refractivity contribution is -0.0837. The predicted molar refractivity (Wildman–Crippen MR) is 89.4 cm³/mol. The second-order valence-electron chi connectivity index (χ2n) is 5.19. The van der Waals surface area contributed by atoms with Crippen LogP contribution in [0.4, 0.5) is 13.2 Å². The van der Waals surface area contributed by atoms with Crippen LogP contribution in [0.1, 0.15) is 23.0 Å². The molecule has 11 heteroatoms. The standard InChI is InChI=1S/C15H13ClF3N3O3S/c1-3-26(24,25)11-4-9(8-23)6-20-13(11)14-21-7-10(22(14)2)5-12(16)15(17,18)19/h4-8H,3H2,1-2H3. The summed E-state index contributed by atoms with van der Waals surface area (Å²) < 4.78 is 63.6. The third-order valence-electron chi connectivity index (χ3n) is 3.51. The molecule has 6 nitrogen and oxygen atoms in total. The van der Waals surface area contributed by atoms with Gasteiger partial charge in [-0.1, -0.05) is 18.5 Å². The van der Waals surface area contributed by atoms with Crippen molar-refractivity contribution in [1.29, 1.82) is 0 Å². The molecule has 2 heterocycles. The average molecular weight is 408 g/mol. The zero-order chi connectivity index (χ0) is 19.7. The molecular formula is C15H13ClF3N3O3S. The van der Waals surface area contributed by atoms with Gasteiger partial charge < -0.3 is 4.57 Å². The van der Waals surface area contributed by atoms with Crippen LogP contribution in [0.25, 0.3) is 17.6 Å². The Morgan fingerprint density at radius 1 is 1.31 bits per heavy atom. The van der Waals surface area contributed by atoms with Gasteiger partial charge in [0.1, 0.15) is 10.7 Å². The van der Waals surface area contributed by atoms with Crippen LogP contribution < -0.4 is 0 Å². The molecule has 0 amide bonds. The highest BCUT2D eigenvalue weighted by Crippen LogP contribution is 2.32. The van der Waals surface area contributed by atoms with Crippen molar-refractivity contribution in [2.45, 2.75) is 18.0 Å². The molecule has 0 radical (unpaired) electrons. The van der Waals surface area contributed by atoms with Crippen molar-refractivity contribution in [1.82, 2.24) is 14.5 Å². The third kappa shape index (κ3) is 3.96. The number of carbonyl (C=O) groups excluding carboxylic acids is 1. The minimum absolute atomic E-state index is 0.00318. The maximum Gasteiger partial charge on any atom is 0.427 e. The van der Waals surface area contributed by atoms with E-state index in [2.05, 4.69) is 9.97 Å². The first-order valence-electron chi connectivity index (χ1n) is 7.15. The molecule has 0 atom stereocenters. The van der Waals surface area contributed by atoms with E-state index in [0.717, 1.165) is 18.5 Å². The van der Waals surface area contributed by atoms with Gasteiger partial charge in [-0.05, 0) is 12.1 Å². The molecule has 0 aliphatic carbocycles. The first kappa shape index (κ1) is 20.1. The van der Waals surface area contributed by atoms with Crippen LogP contribution in [0.2, 0.25) is 0 Å². The summed E-state index contributed by atoms with van der Waals surface area (Å²) in [6.07, 6.45) is -1.33. The molecule has 140 valence electrons. The number of imidazole rings is 1. The Kier molecular flexibility index (Phi) is 5.57. The molecule has 0 spiro atoms. The van der Waals surface area contributed by atoms with Crippen molar-refractivity contribution in [3.05, 3.63) is 34.7 Å². The van der Waals surface area contributed by atoms with E-state index in [1.807, 2.05) is 0 Å². The Morgan fingerprint density at radius 3 is 2.50 bits per heavy atom. The highest BCUT2D eigenvalue weighted by atomic mass is 35.5. The van der Waals surface area contributed by atoms with Gasteiger partial charge in [0.25, 0.3) is 0 Å². The maximum absolute atomic E-state index is 12.6. The van der Waals surface area contributed by atoms with E-state index in [0.29, 0.717) is 12.4 Å². The van der Waals surface area contributed by atoms with Gasteiger partial charge in [-0.3, -0.25) is 9.78 Å². The van der Waals surface area contributed by atoms with Crippen LogP contribution >= 0.6 is 11.6 Å². The SMILES string of the molecule is CCS(=O)(=O)c1cc(C=O)cnc1-c1ncc(C=C(Cl)C(F)(F)F)n1C. The first-order chi connectivity index (χ1) is 12.0. The molecule has 0 bridgehead atoms. The number of aromatic nitrogens is 3. The highest BCUT2D eigenvalue weighted by Gasteiger charge is 2.32. The van der Waals surface area contributed by atoms with Gasteiger partial charge in [0.05, 0.1) is 22.5 Å². The lowest BCUT2D eigenvalue weighted by atomic mass is 10.2. The molecule has 2 aromatic heterocycles. The number of pyridine rings is 1. The summed E-state index contributed by atoms with van der Waals surface area (Å²) in [5, 5.41) is -1.35. The number of rotatable bonds is 5. The van der Waals surface area contributed by atoms with Crippen molar-refractivity contribution in [3.8, 4) is 11.5 Å². The average Bonchev–Trinajstić information content (AvgIpc) is 2.94. The van der Waals surface area contributed by atoms with Crippen LogP contribution in [-0.4, -0.2) is 41.2 Å². The number of allylic oxidation sites excluding steroid dienone is 1. The van der Waals surface area contributed by atoms with E-state index in [4.69, 9.17) is 11.6 Å². The molecular weight excluding hydrogens is 395 g/mol. The van der Waals surface area contributed by atoms with Crippen LogP contribution in [0.5, 0.6) is 0 Å². The van der Waals surface area contributed by atoms with Crippen molar-refractivity contribution >= 4 is 33.8 Å². The van der Waals surface area contributed by atoms with Gasteiger partial charge in [-0.25, -0.2) is 13.4 Å². The van der Waals surface area contributed by atoms with Crippen molar-refractivity contribution in [2.24, 2.45) is 7.05 Å². The van der Waals surface area contributed by atoms with Crippen LogP contribution in [0.3, 0.4) is 0 Å². The minimum atomic E-state index is -4.72. The second-order valence-corrected chi connectivity index (χ2v) is 7.85. The number of halogens is 4. The van der Waals surface area contributed by atoms with Crippen molar-refractivity contribution < 1.29 is 26.4 Å². The van der Waals surface area contributed by atoms with E-state index in [1.54, 1.807) is 0 Å². The van der Waals surface area contributed by atoms with Crippen LogP contribution in [0.15, 0.2) is 28.4 Å². The van der Waals surface area contributed by atoms with Crippen molar-refractivity contribution in [2.75, 3.05) is 5.75 Å². The fourth-order valence-corrected chi connectivity index (χ4v) is 3.25. The number of aldehydes is 1. The lowest BCUT2D eigenvalue weighted by Gasteiger charge is -2.10. The molecule has 2 rings (SSSR count). The molecule has 0 aliphatic heterocycles. The van der Waals surface area contributed by atoms with Gasteiger partial charge >= 0.3 is 6.18 Å². The fraction of sp³-hybridized carbons (Fsp3) is 0.267. The second kappa shape index (κ2) is 7.20. The molecule has 0 aliphatic rings. The smallest absolute Gasteiger partial charge is 0.326 e. The molecule has 0 N–H and O–H groups in total. The van der Waals surface area contributed by atoms with Crippen LogP contribution in [0, 0.1) is 0 Å². The highest BCUT2D eigenvalue weighted by molar-refractivity contribution is 7.91. The number of carbonyl (C=O) groups is 1. The minimum Gasteiger partial charge on any atom is -0.326 e. The largest absolute Gasteiger partial charge is 0.427 e. The summed E-state index contributed by atoms with van der Waals surface area (Å²) in [7, 11) is -2.36. The van der Waals surface area contributed by atoms with E-state index < -0.39 is 21.0 Å². The lowest BCUT2D eigenvalue weighted by Crippen LogP contribution is -2.10. The van der Waals surface area contributed by atoms with Gasteiger partial charge in [0.15, 0.2) is 21.9 Å². The summed E-state index contributed by atoms with van der Waals surface area (Å²) >= 11 is 5.23. The quantitative estimate of drug-likeness (QED) is 0.711. The van der Waals surface area contributed by atoms with E-state index in [9.17, 15) is 26.4 Å². The zero-order valence-electron chi connectivity index (χ0n) is 13.6. The third-order valence-corrected chi connectivity index (χ3v) is 5.57. The van der Waals surface area contributed by atoms with Gasteiger partial charge in [0, 0.05) is 18.8 Å².